The standard InChI is InChI=1S/C14H14FN5O/c15-9-3-4-19(7-9)10-1-2-13(16-5-10)20-8-11-12(18-20)6-17-14(11)21/h1-2,5,8-9H,3-4,6-7H2,(H,17,21)/t9-/m1/s1. The van der Waals surface area contributed by atoms with Crippen molar-refractivity contribution >= 4 is 11.6 Å². The zero-order valence-electron chi connectivity index (χ0n) is 11.3. The molecule has 1 atom stereocenters. The third kappa shape index (κ3) is 2.05. The maximum absolute atomic E-state index is 13.2. The normalized spacial score (nSPS) is 20.7. The van der Waals surface area contributed by atoms with Crippen molar-refractivity contribution in [1.29, 1.82) is 0 Å². The number of hydrogen-bond acceptors (Lipinski definition) is 4. The number of nitrogens with zero attached hydrogens (tertiary/aromatic N) is 4. The second-order valence-electron chi connectivity index (χ2n) is 5.32. The summed E-state index contributed by atoms with van der Waals surface area (Å²) in [5.41, 5.74) is 2.25. The van der Waals surface area contributed by atoms with Crippen LogP contribution in [0.3, 0.4) is 0 Å². The molecule has 2 aromatic heterocycles. The minimum atomic E-state index is -0.753. The molecular formula is C14H14FN5O. The van der Waals surface area contributed by atoms with E-state index in [1.807, 2.05) is 17.0 Å². The lowest BCUT2D eigenvalue weighted by Gasteiger charge is -2.17. The van der Waals surface area contributed by atoms with Gasteiger partial charge in [0.15, 0.2) is 5.82 Å². The summed E-state index contributed by atoms with van der Waals surface area (Å²) in [6, 6.07) is 3.74. The molecule has 0 bridgehead atoms. The van der Waals surface area contributed by atoms with Gasteiger partial charge in [-0.2, -0.15) is 5.10 Å². The highest BCUT2D eigenvalue weighted by atomic mass is 19.1. The first-order valence-corrected chi connectivity index (χ1v) is 6.93. The molecule has 6 nitrogen and oxygen atoms in total. The van der Waals surface area contributed by atoms with E-state index in [4.69, 9.17) is 0 Å². The molecule has 1 fully saturated rings. The molecule has 0 aromatic carbocycles. The second kappa shape index (κ2) is 4.54. The fourth-order valence-corrected chi connectivity index (χ4v) is 2.76. The number of pyridine rings is 1. The number of aromatic nitrogens is 3. The van der Waals surface area contributed by atoms with Gasteiger partial charge in [-0.1, -0.05) is 0 Å². The zero-order valence-corrected chi connectivity index (χ0v) is 11.3. The first kappa shape index (κ1) is 12.3. The lowest BCUT2D eigenvalue weighted by Crippen LogP contribution is -2.20. The maximum Gasteiger partial charge on any atom is 0.255 e. The Morgan fingerprint density at radius 3 is 2.95 bits per heavy atom. The molecule has 1 amide bonds. The van der Waals surface area contributed by atoms with Crippen molar-refractivity contribution in [2.45, 2.75) is 19.1 Å². The van der Waals surface area contributed by atoms with Crippen LogP contribution in [0.2, 0.25) is 0 Å². The molecule has 1 N–H and O–H groups in total. The van der Waals surface area contributed by atoms with Gasteiger partial charge in [-0.05, 0) is 18.6 Å². The van der Waals surface area contributed by atoms with E-state index in [1.54, 1.807) is 17.1 Å². The number of alkyl halides is 1. The molecule has 4 heterocycles. The number of carbonyl (C=O) groups excluding carboxylic acids is 1. The average Bonchev–Trinajstić information content (AvgIpc) is 3.17. The lowest BCUT2D eigenvalue weighted by molar-refractivity contribution is 0.0965. The Labute approximate surface area is 120 Å². The van der Waals surface area contributed by atoms with E-state index in [0.29, 0.717) is 30.9 Å². The maximum atomic E-state index is 13.2. The second-order valence-corrected chi connectivity index (χ2v) is 5.32. The quantitative estimate of drug-likeness (QED) is 0.897. The highest BCUT2D eigenvalue weighted by Crippen LogP contribution is 2.22. The number of amides is 1. The van der Waals surface area contributed by atoms with Crippen LogP contribution in [-0.2, 0) is 6.54 Å². The van der Waals surface area contributed by atoms with Crippen molar-refractivity contribution in [1.82, 2.24) is 20.1 Å². The summed E-state index contributed by atoms with van der Waals surface area (Å²) in [4.78, 5) is 17.9. The number of halogens is 1. The molecular weight excluding hydrogens is 273 g/mol. The Hall–Kier alpha value is -2.44. The Kier molecular flexibility index (Phi) is 2.66. The van der Waals surface area contributed by atoms with Crippen molar-refractivity contribution in [2.75, 3.05) is 18.0 Å². The molecule has 2 aliphatic rings. The van der Waals surface area contributed by atoms with Crippen molar-refractivity contribution < 1.29 is 9.18 Å². The topological polar surface area (TPSA) is 63.1 Å². The minimum Gasteiger partial charge on any atom is -0.367 e. The zero-order chi connectivity index (χ0) is 14.4. The molecule has 108 valence electrons. The van der Waals surface area contributed by atoms with Crippen LogP contribution in [0.5, 0.6) is 0 Å². The number of nitrogens with one attached hydrogen (secondary N) is 1. The molecule has 0 unspecified atom stereocenters. The summed E-state index contributed by atoms with van der Waals surface area (Å²) in [7, 11) is 0. The Morgan fingerprint density at radius 1 is 1.38 bits per heavy atom. The molecule has 0 spiro atoms. The van der Waals surface area contributed by atoms with Gasteiger partial charge in [-0.25, -0.2) is 14.1 Å². The number of carbonyl (C=O) groups is 1. The summed E-state index contributed by atoms with van der Waals surface area (Å²) in [5.74, 6) is 0.552. The third-order valence-electron chi connectivity index (χ3n) is 3.91. The van der Waals surface area contributed by atoms with Gasteiger partial charge in [0.05, 0.1) is 29.7 Å². The van der Waals surface area contributed by atoms with Gasteiger partial charge < -0.3 is 10.2 Å². The average molecular weight is 287 g/mol. The van der Waals surface area contributed by atoms with Gasteiger partial charge in [0.25, 0.3) is 5.91 Å². The summed E-state index contributed by atoms with van der Waals surface area (Å²) < 4.78 is 14.8. The molecule has 0 saturated carbocycles. The fourth-order valence-electron chi connectivity index (χ4n) is 2.76. The van der Waals surface area contributed by atoms with Gasteiger partial charge in [0, 0.05) is 19.3 Å². The van der Waals surface area contributed by atoms with Crippen LogP contribution in [0.4, 0.5) is 10.1 Å². The highest BCUT2D eigenvalue weighted by Gasteiger charge is 2.24. The van der Waals surface area contributed by atoms with Crippen LogP contribution >= 0.6 is 0 Å². The molecule has 4 rings (SSSR count). The minimum absolute atomic E-state index is 0.0982. The molecule has 7 heteroatoms. The number of hydrogen-bond donors (Lipinski definition) is 1. The van der Waals surface area contributed by atoms with Crippen LogP contribution in [0, 0.1) is 0 Å². The first-order chi connectivity index (χ1) is 10.2. The van der Waals surface area contributed by atoms with Crippen molar-refractivity contribution in [3.63, 3.8) is 0 Å². The fraction of sp³-hybridized carbons (Fsp3) is 0.357. The molecule has 2 aliphatic heterocycles. The van der Waals surface area contributed by atoms with E-state index in [0.717, 1.165) is 17.9 Å². The van der Waals surface area contributed by atoms with Gasteiger partial charge in [-0.3, -0.25) is 4.79 Å². The monoisotopic (exact) mass is 287 g/mol. The van der Waals surface area contributed by atoms with Crippen LogP contribution in [0.25, 0.3) is 5.82 Å². The Morgan fingerprint density at radius 2 is 2.29 bits per heavy atom. The van der Waals surface area contributed by atoms with Crippen LogP contribution in [0.15, 0.2) is 24.5 Å². The highest BCUT2D eigenvalue weighted by molar-refractivity contribution is 5.97. The van der Waals surface area contributed by atoms with Gasteiger partial charge in [0.1, 0.15) is 6.17 Å². The van der Waals surface area contributed by atoms with Gasteiger partial charge in [-0.15, -0.1) is 0 Å². The first-order valence-electron chi connectivity index (χ1n) is 6.93. The van der Waals surface area contributed by atoms with Gasteiger partial charge >= 0.3 is 0 Å². The summed E-state index contributed by atoms with van der Waals surface area (Å²) in [6.45, 7) is 1.61. The van der Waals surface area contributed by atoms with Crippen molar-refractivity contribution in [3.8, 4) is 5.82 Å². The van der Waals surface area contributed by atoms with Crippen molar-refractivity contribution in [2.24, 2.45) is 0 Å². The summed E-state index contributed by atoms with van der Waals surface area (Å²) >= 11 is 0. The smallest absolute Gasteiger partial charge is 0.255 e. The van der Waals surface area contributed by atoms with Crippen LogP contribution in [-0.4, -0.2) is 39.9 Å². The van der Waals surface area contributed by atoms with Crippen LogP contribution in [0.1, 0.15) is 22.5 Å². The Bertz CT molecular complexity index is 696. The molecule has 2 aromatic rings. The number of fused-ring (bicyclic) bond motifs is 1. The summed E-state index contributed by atoms with van der Waals surface area (Å²) in [5, 5.41) is 7.06. The van der Waals surface area contributed by atoms with E-state index in [9.17, 15) is 9.18 Å². The third-order valence-corrected chi connectivity index (χ3v) is 3.91. The molecule has 21 heavy (non-hydrogen) atoms. The van der Waals surface area contributed by atoms with E-state index < -0.39 is 6.17 Å². The molecule has 0 aliphatic carbocycles. The van der Waals surface area contributed by atoms with E-state index in [-0.39, 0.29) is 5.91 Å². The van der Waals surface area contributed by atoms with Gasteiger partial charge in [0.2, 0.25) is 0 Å². The van der Waals surface area contributed by atoms with E-state index >= 15 is 0 Å². The molecule has 1 saturated heterocycles. The number of anilines is 1. The predicted molar refractivity (Wildman–Crippen MR) is 74.3 cm³/mol. The lowest BCUT2D eigenvalue weighted by atomic mass is 10.3. The molecule has 0 radical (unpaired) electrons. The summed E-state index contributed by atoms with van der Waals surface area (Å²) in [6.07, 6.45) is 3.23. The van der Waals surface area contributed by atoms with Crippen LogP contribution < -0.4 is 10.2 Å². The largest absolute Gasteiger partial charge is 0.367 e. The van der Waals surface area contributed by atoms with Crippen molar-refractivity contribution in [3.05, 3.63) is 35.8 Å². The van der Waals surface area contributed by atoms with E-state index in [1.165, 1.54) is 0 Å². The Balaban J connectivity index is 1.59. The number of rotatable bonds is 2. The SMILES string of the molecule is O=C1NCc2nn(-c3ccc(N4CC[C@@H](F)C4)cn3)cc21. The van der Waals surface area contributed by atoms with E-state index in [2.05, 4.69) is 15.4 Å². The predicted octanol–water partition coefficient (Wildman–Crippen LogP) is 1.06.